The molecule has 0 spiro atoms. The molecule has 10 nitrogen and oxygen atoms in total. The number of carboxylic acids is 1. The average molecular weight is 269 g/mol. The molecule has 0 atom stereocenters. The summed E-state index contributed by atoms with van der Waals surface area (Å²) in [4.78, 5) is 34.8. The van der Waals surface area contributed by atoms with Crippen molar-refractivity contribution in [3.05, 3.63) is 27.9 Å². The smallest absolute Gasteiger partial charge is 0.339 e. The molecule has 102 valence electrons. The molecule has 0 aliphatic rings. The zero-order chi connectivity index (χ0) is 14.4. The number of hydrogen-bond acceptors (Lipinski definition) is 6. The number of rotatable bonds is 6. The molecule has 1 aromatic heterocycles. The number of carbonyl (C=O) groups excluding carboxylic acids is 1. The second-order valence-electron chi connectivity index (χ2n) is 3.37. The fraction of sp³-hybridized carbons (Fsp3) is 0.222. The topological polar surface area (TPSA) is 160 Å². The molecule has 5 N–H and O–H groups in total. The fourth-order valence-electron chi connectivity index (χ4n) is 1.22. The molecule has 0 bridgehead atoms. The van der Waals surface area contributed by atoms with Gasteiger partial charge in [-0.3, -0.25) is 10.1 Å². The number of carbonyl (C=O) groups is 2. The number of nitrogens with one attached hydrogen (secondary N) is 2. The highest BCUT2D eigenvalue weighted by Crippen LogP contribution is 2.18. The summed E-state index contributed by atoms with van der Waals surface area (Å²) in [6, 6.07) is 0.191. The lowest BCUT2D eigenvalue weighted by atomic mass is 10.2. The highest BCUT2D eigenvalue weighted by atomic mass is 16.6. The van der Waals surface area contributed by atoms with Crippen molar-refractivity contribution in [1.29, 1.82) is 0 Å². The number of carboxylic acid groups (broad SMARTS) is 1. The molecule has 1 aromatic rings. The molecule has 2 amide bonds. The molecule has 1 heterocycles. The summed E-state index contributed by atoms with van der Waals surface area (Å²) in [6.07, 6.45) is 0.941. The van der Waals surface area contributed by atoms with Crippen molar-refractivity contribution in [3.8, 4) is 0 Å². The maximum Gasteiger partial charge on any atom is 0.339 e. The Balaban J connectivity index is 2.79. The number of hydrogen-bond donors (Lipinski definition) is 4. The molecular formula is C9H11N5O5. The van der Waals surface area contributed by atoms with Gasteiger partial charge in [0, 0.05) is 19.2 Å². The van der Waals surface area contributed by atoms with E-state index < -0.39 is 22.6 Å². The molecule has 0 radical (unpaired) electrons. The van der Waals surface area contributed by atoms with E-state index in [-0.39, 0.29) is 24.5 Å². The molecule has 19 heavy (non-hydrogen) atoms. The van der Waals surface area contributed by atoms with Gasteiger partial charge in [0.05, 0.1) is 4.92 Å². The Labute approximate surface area is 106 Å². The van der Waals surface area contributed by atoms with Crippen LogP contribution in [0.25, 0.3) is 0 Å². The van der Waals surface area contributed by atoms with Crippen LogP contribution in [-0.2, 0) is 0 Å². The molecule has 0 saturated carbocycles. The zero-order valence-corrected chi connectivity index (χ0v) is 9.62. The Hall–Kier alpha value is -2.91. The first-order valence-electron chi connectivity index (χ1n) is 5.06. The number of urea groups is 1. The summed E-state index contributed by atoms with van der Waals surface area (Å²) >= 11 is 0. The van der Waals surface area contributed by atoms with E-state index in [1.807, 2.05) is 0 Å². The van der Waals surface area contributed by atoms with Gasteiger partial charge < -0.3 is 21.5 Å². The van der Waals surface area contributed by atoms with Gasteiger partial charge in [-0.25, -0.2) is 14.6 Å². The molecule has 0 aliphatic heterocycles. The van der Waals surface area contributed by atoms with Gasteiger partial charge in [-0.1, -0.05) is 0 Å². The van der Waals surface area contributed by atoms with E-state index >= 15 is 0 Å². The average Bonchev–Trinajstić information content (AvgIpc) is 2.34. The first-order chi connectivity index (χ1) is 8.91. The summed E-state index contributed by atoms with van der Waals surface area (Å²) in [6.45, 7) is 0.334. The number of primary amides is 1. The number of aromatic nitrogens is 1. The fourth-order valence-corrected chi connectivity index (χ4v) is 1.22. The second-order valence-corrected chi connectivity index (χ2v) is 3.37. The third kappa shape index (κ3) is 4.11. The number of nitrogens with zero attached hydrogens (tertiary/aromatic N) is 2. The number of nitrogens with two attached hydrogens (primary N) is 1. The number of pyridine rings is 1. The van der Waals surface area contributed by atoms with E-state index in [1.165, 1.54) is 0 Å². The summed E-state index contributed by atoms with van der Waals surface area (Å²) in [7, 11) is 0. The Morgan fingerprint density at radius 3 is 2.68 bits per heavy atom. The number of amides is 2. The van der Waals surface area contributed by atoms with Crippen LogP contribution in [0.4, 0.5) is 16.3 Å². The van der Waals surface area contributed by atoms with Crippen molar-refractivity contribution >= 4 is 23.5 Å². The minimum atomic E-state index is -1.35. The van der Waals surface area contributed by atoms with Crippen LogP contribution in [0.3, 0.4) is 0 Å². The molecule has 0 aliphatic carbocycles. The SMILES string of the molecule is NC(=O)NCCNc1ncc([N+](=O)[O-])cc1C(=O)O. The van der Waals surface area contributed by atoms with Gasteiger partial charge in [-0.2, -0.15) is 0 Å². The molecule has 0 saturated heterocycles. The van der Waals surface area contributed by atoms with Crippen molar-refractivity contribution < 1.29 is 19.6 Å². The first kappa shape index (κ1) is 14.2. The van der Waals surface area contributed by atoms with E-state index in [0.717, 1.165) is 12.3 Å². The third-order valence-corrected chi connectivity index (χ3v) is 2.03. The maximum absolute atomic E-state index is 10.9. The van der Waals surface area contributed by atoms with Crippen LogP contribution in [0.1, 0.15) is 10.4 Å². The van der Waals surface area contributed by atoms with Gasteiger partial charge in [0.25, 0.3) is 5.69 Å². The zero-order valence-electron chi connectivity index (χ0n) is 9.62. The summed E-state index contributed by atoms with van der Waals surface area (Å²) < 4.78 is 0. The number of anilines is 1. The lowest BCUT2D eigenvalue weighted by Gasteiger charge is -2.08. The van der Waals surface area contributed by atoms with E-state index in [1.54, 1.807) is 0 Å². The van der Waals surface area contributed by atoms with Crippen LogP contribution >= 0.6 is 0 Å². The predicted molar refractivity (Wildman–Crippen MR) is 63.9 cm³/mol. The van der Waals surface area contributed by atoms with Crippen LogP contribution in [0, 0.1) is 10.1 Å². The molecular weight excluding hydrogens is 258 g/mol. The van der Waals surface area contributed by atoms with Crippen LogP contribution in [0.15, 0.2) is 12.3 Å². The Morgan fingerprint density at radius 1 is 1.47 bits per heavy atom. The molecule has 0 unspecified atom stereocenters. The largest absolute Gasteiger partial charge is 0.478 e. The lowest BCUT2D eigenvalue weighted by Crippen LogP contribution is -2.33. The van der Waals surface area contributed by atoms with Crippen molar-refractivity contribution in [3.63, 3.8) is 0 Å². The molecule has 10 heteroatoms. The van der Waals surface area contributed by atoms with Crippen LogP contribution in [0.5, 0.6) is 0 Å². The minimum Gasteiger partial charge on any atom is -0.478 e. The van der Waals surface area contributed by atoms with Crippen molar-refractivity contribution in [2.24, 2.45) is 5.73 Å². The maximum atomic E-state index is 10.9. The minimum absolute atomic E-state index is 0.0237. The van der Waals surface area contributed by atoms with Gasteiger partial charge >= 0.3 is 12.0 Å². The van der Waals surface area contributed by atoms with E-state index in [9.17, 15) is 19.7 Å². The molecule has 0 aromatic carbocycles. The first-order valence-corrected chi connectivity index (χ1v) is 5.06. The van der Waals surface area contributed by atoms with Gasteiger partial charge in [-0.15, -0.1) is 0 Å². The highest BCUT2D eigenvalue weighted by Gasteiger charge is 2.17. The molecule has 0 fully saturated rings. The normalized spacial score (nSPS) is 9.68. The third-order valence-electron chi connectivity index (χ3n) is 2.03. The van der Waals surface area contributed by atoms with E-state index in [2.05, 4.69) is 15.6 Å². The van der Waals surface area contributed by atoms with Gasteiger partial charge in [0.15, 0.2) is 0 Å². The van der Waals surface area contributed by atoms with E-state index in [4.69, 9.17) is 10.8 Å². The molecule has 1 rings (SSSR count). The second kappa shape index (κ2) is 6.14. The summed E-state index contributed by atoms with van der Waals surface area (Å²) in [5.74, 6) is -1.37. The highest BCUT2D eigenvalue weighted by molar-refractivity contribution is 5.93. The Kier molecular flexibility index (Phi) is 4.57. The van der Waals surface area contributed by atoms with Crippen LogP contribution in [0.2, 0.25) is 0 Å². The van der Waals surface area contributed by atoms with Crippen molar-refractivity contribution in [1.82, 2.24) is 10.3 Å². The number of nitro groups is 1. The van der Waals surface area contributed by atoms with E-state index in [0.29, 0.717) is 0 Å². The van der Waals surface area contributed by atoms with Crippen LogP contribution in [-0.4, -0.2) is 40.1 Å². The van der Waals surface area contributed by atoms with Gasteiger partial charge in [-0.05, 0) is 0 Å². The standard InChI is InChI=1S/C9H11N5O5/c10-9(17)12-2-1-11-7-6(8(15)16)3-5(4-13-7)14(18)19/h3-4H,1-2H2,(H,11,13)(H,15,16)(H3,10,12,17). The predicted octanol–water partition coefficient (Wildman–Crippen LogP) is -0.232. The summed E-state index contributed by atoms with van der Waals surface area (Å²) in [5, 5.41) is 24.4. The van der Waals surface area contributed by atoms with Crippen molar-refractivity contribution in [2.75, 3.05) is 18.4 Å². The summed E-state index contributed by atoms with van der Waals surface area (Å²) in [5.41, 5.74) is 4.10. The van der Waals surface area contributed by atoms with Crippen LogP contribution < -0.4 is 16.4 Å². The number of aromatic carboxylic acids is 1. The quantitative estimate of drug-likeness (QED) is 0.315. The Morgan fingerprint density at radius 2 is 2.16 bits per heavy atom. The monoisotopic (exact) mass is 269 g/mol. The van der Waals surface area contributed by atoms with Gasteiger partial charge in [0.2, 0.25) is 0 Å². The lowest BCUT2D eigenvalue weighted by molar-refractivity contribution is -0.385. The van der Waals surface area contributed by atoms with Gasteiger partial charge in [0.1, 0.15) is 17.6 Å². The Bertz CT molecular complexity index is 518. The van der Waals surface area contributed by atoms with Crippen molar-refractivity contribution in [2.45, 2.75) is 0 Å².